The molecule has 0 aliphatic heterocycles. The lowest BCUT2D eigenvalue weighted by atomic mass is 10.0. The Labute approximate surface area is 114 Å². The van der Waals surface area contributed by atoms with Crippen molar-refractivity contribution in [3.05, 3.63) is 23.5 Å². The zero-order valence-corrected chi connectivity index (χ0v) is 11.6. The average molecular weight is 262 g/mol. The highest BCUT2D eigenvalue weighted by atomic mass is 16.1. The molecule has 104 valence electrons. The van der Waals surface area contributed by atoms with E-state index in [1.165, 1.54) is 19.3 Å². The van der Waals surface area contributed by atoms with Crippen LogP contribution in [0.3, 0.4) is 0 Å². The molecule has 0 spiro atoms. The normalized spacial score (nSPS) is 15.9. The number of hydrogen-bond donors (Lipinski definition) is 3. The van der Waals surface area contributed by atoms with Crippen molar-refractivity contribution in [1.82, 2.24) is 10.3 Å². The fourth-order valence-corrected chi connectivity index (χ4v) is 2.45. The van der Waals surface area contributed by atoms with Gasteiger partial charge in [-0.2, -0.15) is 0 Å². The van der Waals surface area contributed by atoms with E-state index in [-0.39, 0.29) is 5.91 Å². The van der Waals surface area contributed by atoms with Crippen LogP contribution in [0.1, 0.15) is 48.7 Å². The molecule has 2 rings (SSSR count). The van der Waals surface area contributed by atoms with E-state index in [0.717, 1.165) is 18.7 Å². The van der Waals surface area contributed by atoms with Crippen LogP contribution in [0.2, 0.25) is 0 Å². The molecule has 0 saturated heterocycles. The Morgan fingerprint density at radius 3 is 2.84 bits per heavy atom. The summed E-state index contributed by atoms with van der Waals surface area (Å²) in [7, 11) is 0. The number of nitrogens with zero attached hydrogens (tertiary/aromatic N) is 1. The highest BCUT2D eigenvalue weighted by molar-refractivity contribution is 5.99. The first kappa shape index (κ1) is 13.8. The minimum atomic E-state index is -0.108. The van der Waals surface area contributed by atoms with Gasteiger partial charge in [-0.25, -0.2) is 0 Å². The number of hydrazine groups is 1. The number of pyridine rings is 1. The van der Waals surface area contributed by atoms with Crippen LogP contribution in [0, 0.1) is 12.3 Å². The van der Waals surface area contributed by atoms with Crippen LogP contribution in [-0.2, 0) is 0 Å². The maximum Gasteiger partial charge on any atom is 0.255 e. The summed E-state index contributed by atoms with van der Waals surface area (Å²) >= 11 is 0. The third-order valence-corrected chi connectivity index (χ3v) is 3.80. The number of amides is 1. The van der Waals surface area contributed by atoms with E-state index < -0.39 is 0 Å². The molecule has 0 unspecified atom stereocenters. The van der Waals surface area contributed by atoms with Gasteiger partial charge in [-0.3, -0.25) is 15.6 Å². The molecule has 1 aromatic heterocycles. The van der Waals surface area contributed by atoms with Gasteiger partial charge < -0.3 is 10.7 Å². The number of carbonyl (C=O) groups excluding carboxylic acids is 1. The van der Waals surface area contributed by atoms with Crippen molar-refractivity contribution in [2.45, 2.75) is 39.5 Å². The topological polar surface area (TPSA) is 80.0 Å². The number of aryl methyl sites for hydroxylation is 1. The molecule has 1 aliphatic carbocycles. The van der Waals surface area contributed by atoms with Gasteiger partial charge in [0.2, 0.25) is 0 Å². The SMILES string of the molecule is CCCC1(CNC(=O)c2cnc(C)cc2NN)CC1. The lowest BCUT2D eigenvalue weighted by molar-refractivity contribution is 0.0944. The van der Waals surface area contributed by atoms with Crippen LogP contribution in [0.15, 0.2) is 12.3 Å². The quantitative estimate of drug-likeness (QED) is 0.541. The summed E-state index contributed by atoms with van der Waals surface area (Å²) in [5.74, 6) is 5.33. The number of hydrogen-bond acceptors (Lipinski definition) is 4. The fraction of sp³-hybridized carbons (Fsp3) is 0.571. The van der Waals surface area contributed by atoms with E-state index in [9.17, 15) is 4.79 Å². The van der Waals surface area contributed by atoms with Gasteiger partial charge in [0.15, 0.2) is 0 Å². The van der Waals surface area contributed by atoms with Crippen LogP contribution in [0.4, 0.5) is 5.69 Å². The second kappa shape index (κ2) is 5.57. The number of nitrogen functional groups attached to an aromatic ring is 1. The van der Waals surface area contributed by atoms with Gasteiger partial charge in [0.25, 0.3) is 5.91 Å². The third-order valence-electron chi connectivity index (χ3n) is 3.80. The van der Waals surface area contributed by atoms with E-state index in [1.807, 2.05) is 6.92 Å². The first-order valence-corrected chi connectivity index (χ1v) is 6.82. The van der Waals surface area contributed by atoms with Gasteiger partial charge in [-0.15, -0.1) is 0 Å². The Kier molecular flexibility index (Phi) is 4.04. The predicted octanol–water partition coefficient (Wildman–Crippen LogP) is 1.99. The van der Waals surface area contributed by atoms with Gasteiger partial charge >= 0.3 is 0 Å². The molecule has 0 aromatic carbocycles. The fourth-order valence-electron chi connectivity index (χ4n) is 2.45. The van der Waals surface area contributed by atoms with Crippen molar-refractivity contribution < 1.29 is 4.79 Å². The van der Waals surface area contributed by atoms with Crippen molar-refractivity contribution in [2.75, 3.05) is 12.0 Å². The number of aromatic nitrogens is 1. The van der Waals surface area contributed by atoms with Gasteiger partial charge in [-0.1, -0.05) is 13.3 Å². The molecule has 0 atom stereocenters. The maximum absolute atomic E-state index is 12.2. The zero-order valence-electron chi connectivity index (χ0n) is 11.6. The lowest BCUT2D eigenvalue weighted by Crippen LogP contribution is -2.31. The Morgan fingerprint density at radius 2 is 2.26 bits per heavy atom. The molecule has 0 radical (unpaired) electrons. The molecule has 1 aromatic rings. The highest BCUT2D eigenvalue weighted by Crippen LogP contribution is 2.48. The summed E-state index contributed by atoms with van der Waals surface area (Å²) in [6.45, 7) is 4.79. The maximum atomic E-state index is 12.2. The van der Waals surface area contributed by atoms with Gasteiger partial charge in [0, 0.05) is 18.4 Å². The largest absolute Gasteiger partial charge is 0.351 e. The molecule has 5 nitrogen and oxygen atoms in total. The minimum Gasteiger partial charge on any atom is -0.351 e. The second-order valence-corrected chi connectivity index (χ2v) is 5.45. The van der Waals surface area contributed by atoms with Crippen molar-refractivity contribution in [3.63, 3.8) is 0 Å². The smallest absolute Gasteiger partial charge is 0.255 e. The van der Waals surface area contributed by atoms with Crippen LogP contribution < -0.4 is 16.6 Å². The molecular formula is C14H22N4O. The summed E-state index contributed by atoms with van der Waals surface area (Å²) in [4.78, 5) is 16.3. The second-order valence-electron chi connectivity index (χ2n) is 5.45. The zero-order chi connectivity index (χ0) is 13.9. The number of nitrogens with one attached hydrogen (secondary N) is 2. The molecule has 1 aliphatic rings. The van der Waals surface area contributed by atoms with E-state index in [0.29, 0.717) is 16.7 Å². The van der Waals surface area contributed by atoms with Crippen molar-refractivity contribution in [2.24, 2.45) is 11.3 Å². The molecule has 1 fully saturated rings. The number of nitrogens with two attached hydrogens (primary N) is 1. The Bertz CT molecular complexity index is 469. The third kappa shape index (κ3) is 3.23. The van der Waals surface area contributed by atoms with Crippen LogP contribution in [0.25, 0.3) is 0 Å². The lowest BCUT2D eigenvalue weighted by Gasteiger charge is -2.16. The van der Waals surface area contributed by atoms with Gasteiger partial charge in [-0.05, 0) is 37.7 Å². The van der Waals surface area contributed by atoms with E-state index >= 15 is 0 Å². The van der Waals surface area contributed by atoms with Gasteiger partial charge in [0.05, 0.1) is 11.3 Å². The molecule has 1 saturated carbocycles. The summed E-state index contributed by atoms with van der Waals surface area (Å²) in [6.07, 6.45) is 6.35. The Balaban J connectivity index is 2.00. The van der Waals surface area contributed by atoms with Crippen LogP contribution >= 0.6 is 0 Å². The van der Waals surface area contributed by atoms with Crippen molar-refractivity contribution in [3.8, 4) is 0 Å². The van der Waals surface area contributed by atoms with Crippen molar-refractivity contribution in [1.29, 1.82) is 0 Å². The average Bonchev–Trinajstić information content (AvgIpc) is 3.16. The van der Waals surface area contributed by atoms with Crippen molar-refractivity contribution >= 4 is 11.6 Å². The highest BCUT2D eigenvalue weighted by Gasteiger charge is 2.41. The first-order chi connectivity index (χ1) is 9.10. The molecule has 19 heavy (non-hydrogen) atoms. The van der Waals surface area contributed by atoms with Gasteiger partial charge in [0.1, 0.15) is 0 Å². The molecule has 0 bridgehead atoms. The number of rotatable bonds is 6. The van der Waals surface area contributed by atoms with E-state index in [2.05, 4.69) is 22.7 Å². The summed E-state index contributed by atoms with van der Waals surface area (Å²) in [5, 5.41) is 3.01. The molecule has 1 amide bonds. The standard InChI is InChI=1S/C14H22N4O/c1-3-4-14(5-6-14)9-17-13(19)11-8-16-10(2)7-12(11)18-15/h7-8H,3-6,9,15H2,1-2H3,(H,16,18)(H,17,19). The molecule has 5 heteroatoms. The predicted molar refractivity (Wildman–Crippen MR) is 75.7 cm³/mol. The first-order valence-electron chi connectivity index (χ1n) is 6.82. The minimum absolute atomic E-state index is 0.108. The monoisotopic (exact) mass is 262 g/mol. The van der Waals surface area contributed by atoms with Crippen LogP contribution in [0.5, 0.6) is 0 Å². The molecular weight excluding hydrogens is 240 g/mol. The van der Waals surface area contributed by atoms with E-state index in [4.69, 9.17) is 5.84 Å². The Hall–Kier alpha value is -1.62. The summed E-state index contributed by atoms with van der Waals surface area (Å²) in [5.41, 5.74) is 4.84. The summed E-state index contributed by atoms with van der Waals surface area (Å²) < 4.78 is 0. The molecule has 4 N–H and O–H groups in total. The Morgan fingerprint density at radius 1 is 1.53 bits per heavy atom. The number of anilines is 1. The number of carbonyl (C=O) groups is 1. The van der Waals surface area contributed by atoms with E-state index in [1.54, 1.807) is 12.3 Å². The molecule has 1 heterocycles. The summed E-state index contributed by atoms with van der Waals surface area (Å²) in [6, 6.07) is 1.77. The van der Waals surface area contributed by atoms with Crippen LogP contribution in [-0.4, -0.2) is 17.4 Å².